The lowest BCUT2D eigenvalue weighted by Crippen LogP contribution is -2.43. The number of hydrogen-bond acceptors (Lipinski definition) is 4. The summed E-state index contributed by atoms with van der Waals surface area (Å²) in [7, 11) is 0. The van der Waals surface area contributed by atoms with Crippen molar-refractivity contribution in [1.82, 2.24) is 9.88 Å². The van der Waals surface area contributed by atoms with Crippen LogP contribution in [0.15, 0.2) is 12.3 Å². The second kappa shape index (κ2) is 6.70. The molecule has 20 heavy (non-hydrogen) atoms. The van der Waals surface area contributed by atoms with E-state index in [1.807, 2.05) is 6.92 Å². The monoisotopic (exact) mass is 277 g/mol. The Morgan fingerprint density at radius 3 is 2.75 bits per heavy atom. The number of anilines is 1. The van der Waals surface area contributed by atoms with E-state index in [2.05, 4.69) is 4.98 Å². The van der Waals surface area contributed by atoms with Gasteiger partial charge in [-0.2, -0.15) is 0 Å². The van der Waals surface area contributed by atoms with Crippen molar-refractivity contribution in [3.8, 4) is 0 Å². The van der Waals surface area contributed by atoms with Gasteiger partial charge in [0, 0.05) is 30.2 Å². The molecule has 1 saturated carbocycles. The average molecular weight is 277 g/mol. The van der Waals surface area contributed by atoms with Crippen LogP contribution in [0.25, 0.3) is 0 Å². The number of pyridine rings is 1. The molecule has 2 rings (SSSR count). The van der Waals surface area contributed by atoms with Crippen LogP contribution in [-0.2, 0) is 0 Å². The van der Waals surface area contributed by atoms with Crippen LogP contribution in [0.2, 0.25) is 0 Å². The molecule has 1 aliphatic carbocycles. The molecule has 5 nitrogen and oxygen atoms in total. The van der Waals surface area contributed by atoms with E-state index in [0.717, 1.165) is 31.4 Å². The van der Waals surface area contributed by atoms with Gasteiger partial charge in [-0.05, 0) is 25.8 Å². The third kappa shape index (κ3) is 3.28. The summed E-state index contributed by atoms with van der Waals surface area (Å²) in [5.41, 5.74) is 7.63. The van der Waals surface area contributed by atoms with E-state index in [1.165, 1.54) is 6.42 Å². The molecule has 0 unspecified atom stereocenters. The lowest BCUT2D eigenvalue weighted by atomic mass is 9.93. The van der Waals surface area contributed by atoms with Crippen LogP contribution in [-0.4, -0.2) is 40.1 Å². The highest BCUT2D eigenvalue weighted by molar-refractivity contribution is 5.99. The van der Waals surface area contributed by atoms with E-state index in [1.54, 1.807) is 17.2 Å². The Balaban J connectivity index is 2.21. The fraction of sp³-hybridized carbons (Fsp3) is 0.600. The molecule has 1 aromatic heterocycles. The summed E-state index contributed by atoms with van der Waals surface area (Å²) in [5, 5.41) is 9.24. The molecular formula is C15H23N3O2. The summed E-state index contributed by atoms with van der Waals surface area (Å²) in [6.07, 6.45) is 7.06. The number of carbonyl (C=O) groups is 1. The number of nitrogen functional groups attached to an aromatic ring is 1. The maximum atomic E-state index is 12.7. The van der Waals surface area contributed by atoms with E-state index >= 15 is 0 Å². The maximum Gasteiger partial charge on any atom is 0.257 e. The number of rotatable bonds is 4. The first-order chi connectivity index (χ1) is 9.63. The van der Waals surface area contributed by atoms with Crippen LogP contribution in [0.4, 0.5) is 5.69 Å². The van der Waals surface area contributed by atoms with Crippen LogP contribution >= 0.6 is 0 Å². The number of nitrogens with zero attached hydrogens (tertiary/aromatic N) is 2. The highest BCUT2D eigenvalue weighted by Gasteiger charge is 2.27. The molecule has 0 aromatic carbocycles. The third-order valence-corrected chi connectivity index (χ3v) is 3.92. The third-order valence-electron chi connectivity index (χ3n) is 3.92. The molecule has 0 aliphatic heterocycles. The van der Waals surface area contributed by atoms with Gasteiger partial charge in [-0.1, -0.05) is 19.3 Å². The summed E-state index contributed by atoms with van der Waals surface area (Å²) in [4.78, 5) is 18.6. The Morgan fingerprint density at radius 1 is 1.45 bits per heavy atom. The molecule has 1 aromatic rings. The topological polar surface area (TPSA) is 79.5 Å². The number of aromatic nitrogens is 1. The number of carbonyl (C=O) groups excluding carboxylic acids is 1. The number of aryl methyl sites for hydroxylation is 1. The Bertz CT molecular complexity index is 470. The zero-order chi connectivity index (χ0) is 14.5. The lowest BCUT2D eigenvalue weighted by molar-refractivity contribution is 0.0586. The number of amides is 1. The second-order valence-corrected chi connectivity index (χ2v) is 5.43. The Kier molecular flexibility index (Phi) is 4.95. The first kappa shape index (κ1) is 14.8. The van der Waals surface area contributed by atoms with Gasteiger partial charge in [0.2, 0.25) is 0 Å². The Labute approximate surface area is 119 Å². The molecule has 110 valence electrons. The summed E-state index contributed by atoms with van der Waals surface area (Å²) in [6.45, 7) is 2.18. The second-order valence-electron chi connectivity index (χ2n) is 5.43. The van der Waals surface area contributed by atoms with Gasteiger partial charge in [-0.25, -0.2) is 0 Å². The van der Waals surface area contributed by atoms with Gasteiger partial charge >= 0.3 is 0 Å². The molecule has 1 aliphatic rings. The van der Waals surface area contributed by atoms with Gasteiger partial charge in [0.05, 0.1) is 12.2 Å². The summed E-state index contributed by atoms with van der Waals surface area (Å²) < 4.78 is 0. The predicted octanol–water partition coefficient (Wildman–Crippen LogP) is 1.74. The normalized spacial score (nSPS) is 16.1. The number of aliphatic hydroxyl groups excluding tert-OH is 1. The minimum Gasteiger partial charge on any atom is -0.398 e. The average Bonchev–Trinajstić information content (AvgIpc) is 2.45. The summed E-state index contributed by atoms with van der Waals surface area (Å²) in [6, 6.07) is 1.93. The fourth-order valence-electron chi connectivity index (χ4n) is 2.86. The number of aliphatic hydroxyl groups is 1. The van der Waals surface area contributed by atoms with Crippen molar-refractivity contribution in [2.24, 2.45) is 0 Å². The minimum atomic E-state index is -0.115. The molecule has 0 saturated heterocycles. The zero-order valence-electron chi connectivity index (χ0n) is 12.0. The quantitative estimate of drug-likeness (QED) is 0.878. The van der Waals surface area contributed by atoms with Gasteiger partial charge in [0.25, 0.3) is 5.91 Å². The Hall–Kier alpha value is -1.62. The van der Waals surface area contributed by atoms with E-state index < -0.39 is 0 Å². The van der Waals surface area contributed by atoms with Crippen LogP contribution in [0.3, 0.4) is 0 Å². The van der Waals surface area contributed by atoms with Gasteiger partial charge < -0.3 is 15.7 Å². The highest BCUT2D eigenvalue weighted by atomic mass is 16.3. The van der Waals surface area contributed by atoms with Crippen molar-refractivity contribution in [2.45, 2.75) is 45.1 Å². The molecule has 1 heterocycles. The van der Waals surface area contributed by atoms with E-state index in [-0.39, 0.29) is 18.6 Å². The molecule has 1 amide bonds. The minimum absolute atomic E-state index is 0.0264. The molecule has 3 N–H and O–H groups in total. The van der Waals surface area contributed by atoms with E-state index in [9.17, 15) is 9.90 Å². The summed E-state index contributed by atoms with van der Waals surface area (Å²) >= 11 is 0. The van der Waals surface area contributed by atoms with E-state index in [4.69, 9.17) is 5.73 Å². The summed E-state index contributed by atoms with van der Waals surface area (Å²) in [5.74, 6) is -0.115. The van der Waals surface area contributed by atoms with E-state index in [0.29, 0.717) is 17.8 Å². The SMILES string of the molecule is Cc1cc(N)c(C(=O)N(CCO)C2CCCCC2)cn1. The van der Waals surface area contributed by atoms with Crippen molar-refractivity contribution in [3.05, 3.63) is 23.5 Å². The van der Waals surface area contributed by atoms with Gasteiger partial charge in [0.15, 0.2) is 0 Å². The largest absolute Gasteiger partial charge is 0.398 e. The van der Waals surface area contributed by atoms with Gasteiger partial charge in [-0.15, -0.1) is 0 Å². The zero-order valence-corrected chi connectivity index (χ0v) is 12.0. The molecule has 5 heteroatoms. The van der Waals surface area contributed by atoms with Crippen molar-refractivity contribution in [2.75, 3.05) is 18.9 Å². The molecule has 0 bridgehead atoms. The molecule has 0 atom stereocenters. The van der Waals surface area contributed by atoms with Crippen molar-refractivity contribution in [3.63, 3.8) is 0 Å². The smallest absolute Gasteiger partial charge is 0.257 e. The van der Waals surface area contributed by atoms with Crippen LogP contribution in [0, 0.1) is 6.92 Å². The number of hydrogen-bond donors (Lipinski definition) is 2. The fourth-order valence-corrected chi connectivity index (χ4v) is 2.86. The van der Waals surface area contributed by atoms with Crippen molar-refractivity contribution in [1.29, 1.82) is 0 Å². The highest BCUT2D eigenvalue weighted by Crippen LogP contribution is 2.25. The lowest BCUT2D eigenvalue weighted by Gasteiger charge is -2.34. The number of nitrogens with two attached hydrogens (primary N) is 1. The maximum absolute atomic E-state index is 12.7. The standard InChI is InChI=1S/C15H23N3O2/c1-11-9-14(16)13(10-17-11)15(20)18(7-8-19)12-5-3-2-4-6-12/h9-10,12,19H,2-8H2,1H3,(H2,16,17). The van der Waals surface area contributed by atoms with Crippen LogP contribution < -0.4 is 5.73 Å². The van der Waals surface area contributed by atoms with Crippen molar-refractivity contribution < 1.29 is 9.90 Å². The van der Waals surface area contributed by atoms with Crippen molar-refractivity contribution >= 4 is 11.6 Å². The molecule has 1 fully saturated rings. The molecule has 0 radical (unpaired) electrons. The molecular weight excluding hydrogens is 254 g/mol. The van der Waals surface area contributed by atoms with Gasteiger partial charge in [0.1, 0.15) is 0 Å². The van der Waals surface area contributed by atoms with Crippen LogP contribution in [0.5, 0.6) is 0 Å². The molecule has 0 spiro atoms. The first-order valence-electron chi connectivity index (χ1n) is 7.27. The Morgan fingerprint density at radius 2 is 2.15 bits per heavy atom. The predicted molar refractivity (Wildman–Crippen MR) is 78.4 cm³/mol. The van der Waals surface area contributed by atoms with Gasteiger partial charge in [-0.3, -0.25) is 9.78 Å². The van der Waals surface area contributed by atoms with Crippen LogP contribution in [0.1, 0.15) is 48.2 Å². The first-order valence-corrected chi connectivity index (χ1v) is 7.27.